The molecule has 0 atom stereocenters. The van der Waals surface area contributed by atoms with E-state index in [1.54, 1.807) is 6.92 Å². The van der Waals surface area contributed by atoms with Crippen molar-refractivity contribution in [1.82, 2.24) is 0 Å². The van der Waals surface area contributed by atoms with Crippen LogP contribution in [0, 0.1) is 5.82 Å². The average molecular weight is 336 g/mol. The number of carbonyl (C=O) groups excluding carboxylic acids is 1. The van der Waals surface area contributed by atoms with Gasteiger partial charge in [-0.1, -0.05) is 24.3 Å². The zero-order valence-electron chi connectivity index (χ0n) is 12.8. The van der Waals surface area contributed by atoms with Crippen molar-refractivity contribution in [3.63, 3.8) is 0 Å². The monoisotopic (exact) mass is 336 g/mol. The summed E-state index contributed by atoms with van der Waals surface area (Å²) in [5.41, 5.74) is 0.777. The van der Waals surface area contributed by atoms with E-state index >= 15 is 0 Å². The summed E-state index contributed by atoms with van der Waals surface area (Å²) in [6.07, 6.45) is 2.76. The normalized spacial score (nSPS) is 11.0. The van der Waals surface area contributed by atoms with Crippen LogP contribution in [0.4, 0.5) is 13.2 Å². The molecule has 126 valence electrons. The summed E-state index contributed by atoms with van der Waals surface area (Å²) in [6, 6.07) is 9.66. The van der Waals surface area contributed by atoms with E-state index in [9.17, 15) is 18.0 Å². The Morgan fingerprint density at radius 3 is 2.62 bits per heavy atom. The van der Waals surface area contributed by atoms with Crippen molar-refractivity contribution >= 4 is 11.9 Å². The maximum atomic E-state index is 13.1. The predicted octanol–water partition coefficient (Wildman–Crippen LogP) is 4.72. The minimum absolute atomic E-state index is 0.0829. The molecule has 0 N–H and O–H groups in total. The largest absolute Gasteiger partial charge is 0.490 e. The molecule has 24 heavy (non-hydrogen) atoms. The van der Waals surface area contributed by atoms with E-state index in [2.05, 4.69) is 4.74 Å². The van der Waals surface area contributed by atoms with E-state index in [-0.39, 0.29) is 29.5 Å². The van der Waals surface area contributed by atoms with Crippen molar-refractivity contribution < 1.29 is 27.4 Å². The van der Waals surface area contributed by atoms with Crippen LogP contribution >= 0.6 is 0 Å². The van der Waals surface area contributed by atoms with E-state index < -0.39 is 12.4 Å². The maximum Gasteiger partial charge on any atom is 0.387 e. The number of carbonyl (C=O) groups is 1. The maximum absolute atomic E-state index is 13.1. The number of rotatable bonds is 7. The van der Waals surface area contributed by atoms with Crippen molar-refractivity contribution in [3.05, 3.63) is 65.5 Å². The molecule has 2 rings (SSSR count). The minimum atomic E-state index is -2.96. The first-order valence-electron chi connectivity index (χ1n) is 7.19. The highest BCUT2D eigenvalue weighted by Gasteiger charge is 2.11. The van der Waals surface area contributed by atoms with Crippen LogP contribution in [0.5, 0.6) is 11.5 Å². The molecule has 0 radical (unpaired) electrons. The lowest BCUT2D eigenvalue weighted by Gasteiger charge is -2.11. The zero-order chi connectivity index (χ0) is 17.5. The first-order chi connectivity index (χ1) is 11.5. The molecule has 0 bridgehead atoms. The fraction of sp³-hybridized carbons (Fsp3) is 0.167. The second-order valence-corrected chi connectivity index (χ2v) is 4.73. The number of hydrogen-bond donors (Lipinski definition) is 0. The van der Waals surface area contributed by atoms with Gasteiger partial charge in [-0.05, 0) is 42.8 Å². The van der Waals surface area contributed by atoms with Gasteiger partial charge in [0, 0.05) is 5.56 Å². The third-order valence-electron chi connectivity index (χ3n) is 3.02. The van der Waals surface area contributed by atoms with Gasteiger partial charge in [-0.25, -0.2) is 4.39 Å². The molecule has 0 spiro atoms. The molecule has 0 aliphatic heterocycles. The molecule has 3 nitrogen and oxygen atoms in total. The van der Waals surface area contributed by atoms with E-state index in [0.717, 1.165) is 6.07 Å². The van der Waals surface area contributed by atoms with Gasteiger partial charge in [0.2, 0.25) is 0 Å². The van der Waals surface area contributed by atoms with Crippen LogP contribution in [0.2, 0.25) is 0 Å². The molecule has 0 saturated heterocycles. The Morgan fingerprint density at radius 2 is 1.96 bits per heavy atom. The first-order valence-corrected chi connectivity index (χ1v) is 7.19. The average Bonchev–Trinajstić information content (AvgIpc) is 2.54. The zero-order valence-corrected chi connectivity index (χ0v) is 12.8. The number of ketones is 1. The van der Waals surface area contributed by atoms with Gasteiger partial charge in [-0.3, -0.25) is 4.79 Å². The van der Waals surface area contributed by atoms with Crippen LogP contribution in [-0.4, -0.2) is 19.0 Å². The number of ether oxygens (including phenoxy) is 2. The smallest absolute Gasteiger partial charge is 0.387 e. The minimum Gasteiger partial charge on any atom is -0.490 e. The molecule has 0 aromatic heterocycles. The molecular weight excluding hydrogens is 321 g/mol. The van der Waals surface area contributed by atoms with Crippen LogP contribution < -0.4 is 9.47 Å². The molecule has 6 heteroatoms. The van der Waals surface area contributed by atoms with E-state index in [1.807, 2.05) is 0 Å². The summed E-state index contributed by atoms with van der Waals surface area (Å²) >= 11 is 0. The van der Waals surface area contributed by atoms with Gasteiger partial charge in [0.05, 0.1) is 6.61 Å². The fourth-order valence-corrected chi connectivity index (χ4v) is 2.00. The third kappa shape index (κ3) is 4.87. The van der Waals surface area contributed by atoms with Crippen LogP contribution in [0.1, 0.15) is 22.8 Å². The number of alkyl halides is 2. The summed E-state index contributed by atoms with van der Waals surface area (Å²) in [7, 11) is 0. The highest BCUT2D eigenvalue weighted by molar-refractivity contribution is 6.06. The van der Waals surface area contributed by atoms with Crippen LogP contribution in [0.15, 0.2) is 48.5 Å². The lowest BCUT2D eigenvalue weighted by atomic mass is 10.1. The Labute approximate surface area is 137 Å². The number of hydrogen-bond acceptors (Lipinski definition) is 3. The Morgan fingerprint density at radius 1 is 1.17 bits per heavy atom. The Hall–Kier alpha value is -2.76. The van der Waals surface area contributed by atoms with E-state index in [1.165, 1.54) is 48.6 Å². The highest BCUT2D eigenvalue weighted by atomic mass is 19.3. The van der Waals surface area contributed by atoms with E-state index in [4.69, 9.17) is 4.74 Å². The molecule has 0 heterocycles. The molecule has 0 aliphatic rings. The van der Waals surface area contributed by atoms with Crippen molar-refractivity contribution in [2.45, 2.75) is 13.5 Å². The summed E-state index contributed by atoms with van der Waals surface area (Å²) in [5.74, 6) is -0.805. The standard InChI is InChI=1S/C18H15F3O3/c1-2-23-17-10-12(7-9-16(17)24-18(20)21)6-8-15(22)13-4-3-5-14(19)11-13/h3-11,18H,2H2,1H3/b8-6+. The lowest BCUT2D eigenvalue weighted by Crippen LogP contribution is -2.04. The van der Waals surface area contributed by atoms with Crippen molar-refractivity contribution in [2.75, 3.05) is 6.61 Å². The highest BCUT2D eigenvalue weighted by Crippen LogP contribution is 2.30. The van der Waals surface area contributed by atoms with Gasteiger partial charge in [0.25, 0.3) is 0 Å². The Bertz CT molecular complexity index is 742. The van der Waals surface area contributed by atoms with Gasteiger partial charge in [-0.2, -0.15) is 8.78 Å². The Balaban J connectivity index is 2.19. The summed E-state index contributed by atoms with van der Waals surface area (Å²) in [5, 5.41) is 0. The van der Waals surface area contributed by atoms with Gasteiger partial charge >= 0.3 is 6.61 Å². The molecule has 0 aliphatic carbocycles. The third-order valence-corrected chi connectivity index (χ3v) is 3.02. The predicted molar refractivity (Wildman–Crippen MR) is 84.0 cm³/mol. The van der Waals surface area contributed by atoms with Crippen molar-refractivity contribution in [2.24, 2.45) is 0 Å². The molecule has 0 amide bonds. The summed E-state index contributed by atoms with van der Waals surface area (Å²) < 4.78 is 47.4. The summed E-state index contributed by atoms with van der Waals surface area (Å²) in [4.78, 5) is 12.0. The topological polar surface area (TPSA) is 35.5 Å². The van der Waals surface area contributed by atoms with Crippen molar-refractivity contribution in [1.29, 1.82) is 0 Å². The number of benzene rings is 2. The SMILES string of the molecule is CCOc1cc(/C=C/C(=O)c2cccc(F)c2)ccc1OC(F)F. The molecule has 2 aromatic carbocycles. The lowest BCUT2D eigenvalue weighted by molar-refractivity contribution is -0.0514. The number of halogens is 3. The molecule has 0 unspecified atom stereocenters. The van der Waals surface area contributed by atoms with Crippen LogP contribution in [0.3, 0.4) is 0 Å². The number of allylic oxidation sites excluding steroid dienone is 1. The van der Waals surface area contributed by atoms with Gasteiger partial charge in [0.15, 0.2) is 17.3 Å². The molecule has 2 aromatic rings. The quantitative estimate of drug-likeness (QED) is 0.542. The van der Waals surface area contributed by atoms with Crippen molar-refractivity contribution in [3.8, 4) is 11.5 Å². The Kier molecular flexibility index (Phi) is 6.01. The van der Waals surface area contributed by atoms with Gasteiger partial charge in [-0.15, -0.1) is 0 Å². The van der Waals surface area contributed by atoms with Crippen LogP contribution in [-0.2, 0) is 0 Å². The molecule has 0 saturated carbocycles. The first kappa shape index (κ1) is 17.6. The van der Waals surface area contributed by atoms with Crippen LogP contribution in [0.25, 0.3) is 6.08 Å². The van der Waals surface area contributed by atoms with Gasteiger partial charge < -0.3 is 9.47 Å². The van der Waals surface area contributed by atoms with Gasteiger partial charge in [0.1, 0.15) is 5.82 Å². The fourth-order valence-electron chi connectivity index (χ4n) is 2.00. The second-order valence-electron chi connectivity index (χ2n) is 4.73. The molecule has 0 fully saturated rings. The summed E-state index contributed by atoms with van der Waals surface area (Å²) in [6.45, 7) is -0.975. The van der Waals surface area contributed by atoms with E-state index in [0.29, 0.717) is 5.56 Å². The molecular formula is C18H15F3O3. The second kappa shape index (κ2) is 8.19.